The lowest BCUT2D eigenvalue weighted by Crippen LogP contribution is -2.22. The van der Waals surface area contributed by atoms with E-state index >= 15 is 0 Å². The van der Waals surface area contributed by atoms with Gasteiger partial charge in [0.15, 0.2) is 5.76 Å². The van der Waals surface area contributed by atoms with E-state index in [1.54, 1.807) is 18.2 Å². The number of carboxylic acids is 1. The smallest absolute Gasteiger partial charge is 0.153 e. The van der Waals surface area contributed by atoms with E-state index < -0.39 is 5.97 Å². The quantitative estimate of drug-likeness (QED) is 0.486. The molecule has 2 aromatic heterocycles. The minimum atomic E-state index is -1.23. The van der Waals surface area contributed by atoms with Crippen LogP contribution < -0.4 is 5.11 Å². The molecule has 0 aliphatic heterocycles. The van der Waals surface area contributed by atoms with Gasteiger partial charge < -0.3 is 14.3 Å². The summed E-state index contributed by atoms with van der Waals surface area (Å²) in [4.78, 5) is 16.1. The summed E-state index contributed by atoms with van der Waals surface area (Å²) >= 11 is 0. The van der Waals surface area contributed by atoms with Crippen molar-refractivity contribution >= 4 is 16.9 Å². The third kappa shape index (κ3) is 3.54. The van der Waals surface area contributed by atoms with Crippen molar-refractivity contribution in [2.75, 3.05) is 0 Å². The van der Waals surface area contributed by atoms with Gasteiger partial charge in [-0.3, -0.25) is 0 Å². The van der Waals surface area contributed by atoms with Gasteiger partial charge in [0.05, 0.1) is 11.5 Å². The molecule has 0 atom stereocenters. The number of aromatic nitrogens is 1. The van der Waals surface area contributed by atoms with Gasteiger partial charge in [-0.05, 0) is 42.7 Å². The van der Waals surface area contributed by atoms with Crippen molar-refractivity contribution in [2.24, 2.45) is 0 Å². The highest BCUT2D eigenvalue weighted by Crippen LogP contribution is 2.30. The maximum atomic E-state index is 11.6. The van der Waals surface area contributed by atoms with E-state index in [0.29, 0.717) is 22.4 Å². The first-order chi connectivity index (χ1) is 13.7. The van der Waals surface area contributed by atoms with Gasteiger partial charge in [0.2, 0.25) is 0 Å². The van der Waals surface area contributed by atoms with Gasteiger partial charge in [0, 0.05) is 16.5 Å². The molecule has 0 fully saturated rings. The maximum Gasteiger partial charge on any atom is 0.153 e. The highest BCUT2D eigenvalue weighted by atomic mass is 16.4. The summed E-state index contributed by atoms with van der Waals surface area (Å²) in [6.45, 7) is 2.19. The normalized spacial score (nSPS) is 11.0. The molecular weight excluding hydrogens is 350 g/mol. The molecule has 0 saturated carbocycles. The summed E-state index contributed by atoms with van der Waals surface area (Å²) in [5.41, 5.74) is 3.47. The molecule has 2 heterocycles. The molecule has 0 bridgehead atoms. The van der Waals surface area contributed by atoms with E-state index in [0.717, 1.165) is 17.7 Å². The minimum absolute atomic E-state index is 0.110. The zero-order valence-corrected chi connectivity index (χ0v) is 15.6. The number of hydrogen-bond acceptors (Lipinski definition) is 4. The summed E-state index contributed by atoms with van der Waals surface area (Å²) in [7, 11) is 0. The van der Waals surface area contributed by atoms with E-state index in [1.165, 1.54) is 24.5 Å². The summed E-state index contributed by atoms with van der Waals surface area (Å²) < 4.78 is 5.98. The number of aryl methyl sites for hydroxylation is 1. The number of fused-ring (bicyclic) bond motifs is 1. The maximum absolute atomic E-state index is 11.6. The molecule has 0 aliphatic rings. The highest BCUT2D eigenvalue weighted by molar-refractivity contribution is 6.02. The van der Waals surface area contributed by atoms with Crippen molar-refractivity contribution in [1.29, 1.82) is 0 Å². The Balaban J connectivity index is 1.68. The number of para-hydroxylation sites is 1. The molecule has 0 amide bonds. The Morgan fingerprint density at radius 1 is 1.00 bits per heavy atom. The van der Waals surface area contributed by atoms with Gasteiger partial charge in [-0.15, -0.1) is 0 Å². The first-order valence-corrected chi connectivity index (χ1v) is 9.46. The third-order valence-corrected chi connectivity index (χ3v) is 4.85. The zero-order valence-electron chi connectivity index (χ0n) is 15.6. The molecule has 0 N–H and O–H groups in total. The van der Waals surface area contributed by atoms with Crippen LogP contribution in [0.4, 0.5) is 0 Å². The Morgan fingerprint density at radius 3 is 2.50 bits per heavy atom. The average molecular weight is 370 g/mol. The number of rotatable bonds is 6. The molecule has 2 aromatic carbocycles. The Labute approximate surface area is 163 Å². The third-order valence-electron chi connectivity index (χ3n) is 4.85. The number of furan rings is 1. The van der Waals surface area contributed by atoms with Crippen LogP contribution in [-0.4, -0.2) is 11.0 Å². The van der Waals surface area contributed by atoms with E-state index in [1.807, 2.05) is 30.3 Å². The van der Waals surface area contributed by atoms with E-state index in [-0.39, 0.29) is 5.56 Å². The van der Waals surface area contributed by atoms with Crippen LogP contribution in [0.5, 0.6) is 0 Å². The molecule has 4 rings (SSSR count). The number of unbranched alkanes of at least 4 members (excludes halogenated alkanes) is 1. The van der Waals surface area contributed by atoms with Crippen molar-refractivity contribution in [3.05, 3.63) is 77.9 Å². The standard InChI is InChI=1S/C24H21NO3/c1-2-3-6-16-9-11-17(12-10-16)22-13-14-23(28-22)21-15-19(24(26)27)18-7-4-5-8-20(18)25-21/h4-5,7-15H,2-3,6H2,1H3,(H,26,27)/p-1. The number of hydrogen-bond donors (Lipinski definition) is 0. The molecule has 4 aromatic rings. The highest BCUT2D eigenvalue weighted by Gasteiger charge is 2.12. The first kappa shape index (κ1) is 18.0. The number of carboxylic acid groups (broad SMARTS) is 1. The van der Waals surface area contributed by atoms with E-state index in [2.05, 4.69) is 24.0 Å². The van der Waals surface area contributed by atoms with E-state index in [9.17, 15) is 9.90 Å². The molecule has 0 spiro atoms. The molecule has 4 heteroatoms. The molecule has 28 heavy (non-hydrogen) atoms. The van der Waals surface area contributed by atoms with Gasteiger partial charge in [-0.1, -0.05) is 55.8 Å². The predicted octanol–water partition coefficient (Wildman–Crippen LogP) is 4.87. The minimum Gasteiger partial charge on any atom is -0.545 e. The number of benzene rings is 2. The predicted molar refractivity (Wildman–Crippen MR) is 108 cm³/mol. The summed E-state index contributed by atoms with van der Waals surface area (Å²) in [6, 6.07) is 20.7. The van der Waals surface area contributed by atoms with Crippen LogP contribution in [0.25, 0.3) is 33.7 Å². The molecular formula is C24H20NO3-. The van der Waals surface area contributed by atoms with E-state index in [4.69, 9.17) is 4.42 Å². The Hall–Kier alpha value is -3.40. The monoisotopic (exact) mass is 370 g/mol. The fourth-order valence-electron chi connectivity index (χ4n) is 3.32. The summed E-state index contributed by atoms with van der Waals surface area (Å²) in [5.74, 6) is 0.0228. The molecule has 140 valence electrons. The van der Waals surface area contributed by atoms with Crippen LogP contribution in [0, 0.1) is 0 Å². The van der Waals surface area contributed by atoms with Gasteiger partial charge in [-0.25, -0.2) is 4.98 Å². The molecule has 0 aliphatic carbocycles. The second kappa shape index (κ2) is 7.69. The van der Waals surface area contributed by atoms with Crippen molar-refractivity contribution in [3.63, 3.8) is 0 Å². The van der Waals surface area contributed by atoms with Crippen molar-refractivity contribution in [3.8, 4) is 22.8 Å². The van der Waals surface area contributed by atoms with Crippen LogP contribution in [-0.2, 0) is 6.42 Å². The van der Waals surface area contributed by atoms with Crippen molar-refractivity contribution in [1.82, 2.24) is 4.98 Å². The summed E-state index contributed by atoms with van der Waals surface area (Å²) in [5, 5.41) is 12.1. The molecule has 4 nitrogen and oxygen atoms in total. The van der Waals surface area contributed by atoms with Gasteiger partial charge in [-0.2, -0.15) is 0 Å². The fraction of sp³-hybridized carbons (Fsp3) is 0.167. The summed E-state index contributed by atoms with van der Waals surface area (Å²) in [6.07, 6.45) is 3.43. The number of carbonyl (C=O) groups is 1. The average Bonchev–Trinajstić information content (AvgIpc) is 3.22. The largest absolute Gasteiger partial charge is 0.545 e. The van der Waals surface area contributed by atoms with Crippen LogP contribution in [0.2, 0.25) is 0 Å². The number of aromatic carboxylic acids is 1. The second-order valence-electron chi connectivity index (χ2n) is 6.82. The molecule has 0 saturated heterocycles. The lowest BCUT2D eigenvalue weighted by molar-refractivity contribution is -0.254. The number of pyridine rings is 1. The number of nitrogens with zero attached hydrogens (tertiary/aromatic N) is 1. The topological polar surface area (TPSA) is 66.2 Å². The van der Waals surface area contributed by atoms with Crippen molar-refractivity contribution < 1.29 is 14.3 Å². The van der Waals surface area contributed by atoms with Gasteiger partial charge >= 0.3 is 0 Å². The Kier molecular flexibility index (Phi) is 4.94. The lowest BCUT2D eigenvalue weighted by Gasteiger charge is -2.09. The Bertz CT molecular complexity index is 1130. The first-order valence-electron chi connectivity index (χ1n) is 9.46. The van der Waals surface area contributed by atoms with Crippen LogP contribution in [0.3, 0.4) is 0 Å². The zero-order chi connectivity index (χ0) is 19.5. The number of carbonyl (C=O) groups excluding carboxylic acids is 1. The van der Waals surface area contributed by atoms with Crippen molar-refractivity contribution in [2.45, 2.75) is 26.2 Å². The van der Waals surface area contributed by atoms with Gasteiger partial charge in [0.25, 0.3) is 0 Å². The SMILES string of the molecule is CCCCc1ccc(-c2ccc(-c3cc(C(=O)[O-])c4ccccc4n3)o2)cc1. The lowest BCUT2D eigenvalue weighted by atomic mass is 10.1. The molecule has 0 radical (unpaired) electrons. The molecule has 0 unspecified atom stereocenters. The second-order valence-corrected chi connectivity index (χ2v) is 6.82. The Morgan fingerprint density at radius 2 is 1.75 bits per heavy atom. The van der Waals surface area contributed by atoms with Gasteiger partial charge in [0.1, 0.15) is 11.5 Å². The fourth-order valence-corrected chi connectivity index (χ4v) is 3.32. The van der Waals surface area contributed by atoms with Crippen LogP contribution in [0.15, 0.2) is 71.1 Å². The van der Waals surface area contributed by atoms with Crippen LogP contribution in [0.1, 0.15) is 35.7 Å². The van der Waals surface area contributed by atoms with Crippen LogP contribution >= 0.6 is 0 Å².